The highest BCUT2D eigenvalue weighted by atomic mass is 32.2. The van der Waals surface area contributed by atoms with Crippen molar-refractivity contribution in [2.45, 2.75) is 57.0 Å². The molecule has 3 nitrogen and oxygen atoms in total. The van der Waals surface area contributed by atoms with Crippen LogP contribution in [0.2, 0.25) is 0 Å². The number of ether oxygens (including phenoxy) is 1. The Morgan fingerprint density at radius 3 is 2.65 bits per heavy atom. The van der Waals surface area contributed by atoms with Gasteiger partial charge < -0.3 is 4.74 Å². The molecular weight excluding hydrogens is 272 g/mol. The lowest BCUT2D eigenvalue weighted by molar-refractivity contribution is -0.154. The lowest BCUT2D eigenvalue weighted by Gasteiger charge is -2.19. The van der Waals surface area contributed by atoms with Crippen molar-refractivity contribution in [2.75, 3.05) is 5.75 Å². The second kappa shape index (κ2) is 6.08. The van der Waals surface area contributed by atoms with Gasteiger partial charge in [-0.25, -0.2) is 0 Å². The van der Waals surface area contributed by atoms with E-state index in [0.29, 0.717) is 5.75 Å². The van der Waals surface area contributed by atoms with Gasteiger partial charge in [0.1, 0.15) is 5.60 Å². The molecule has 1 atom stereocenters. The van der Waals surface area contributed by atoms with Gasteiger partial charge in [0.05, 0.1) is 17.2 Å². The molecule has 2 rings (SSSR count). The van der Waals surface area contributed by atoms with Gasteiger partial charge in [-0.05, 0) is 63.3 Å². The molecule has 20 heavy (non-hydrogen) atoms. The summed E-state index contributed by atoms with van der Waals surface area (Å²) in [5.74, 6) is 0.0419. The molecule has 0 fully saturated rings. The van der Waals surface area contributed by atoms with Crippen molar-refractivity contribution in [1.29, 1.82) is 0 Å². The molecule has 110 valence electrons. The Morgan fingerprint density at radius 2 is 1.95 bits per heavy atom. The van der Waals surface area contributed by atoms with Crippen molar-refractivity contribution in [3.63, 3.8) is 0 Å². The summed E-state index contributed by atoms with van der Waals surface area (Å²) in [5.41, 5.74) is 2.21. The molecule has 0 aromatic heterocycles. The highest BCUT2D eigenvalue weighted by Crippen LogP contribution is 2.24. The van der Waals surface area contributed by atoms with Crippen LogP contribution in [0.4, 0.5) is 0 Å². The lowest BCUT2D eigenvalue weighted by Crippen LogP contribution is -2.24. The molecule has 0 N–H and O–H groups in total. The molecule has 0 saturated carbocycles. The maximum atomic E-state index is 12.2. The molecule has 1 aliphatic carbocycles. The topological polar surface area (TPSA) is 43.4 Å². The highest BCUT2D eigenvalue weighted by molar-refractivity contribution is 7.85. The Balaban J connectivity index is 1.91. The number of hydrogen-bond donors (Lipinski definition) is 0. The van der Waals surface area contributed by atoms with Gasteiger partial charge in [-0.2, -0.15) is 0 Å². The summed E-state index contributed by atoms with van der Waals surface area (Å²) in [6.07, 6.45) is 3.58. The van der Waals surface area contributed by atoms with Crippen molar-refractivity contribution in [2.24, 2.45) is 0 Å². The Bertz CT molecular complexity index is 529. The monoisotopic (exact) mass is 294 g/mol. The number of hydrogen-bond acceptors (Lipinski definition) is 3. The van der Waals surface area contributed by atoms with Gasteiger partial charge in [0.15, 0.2) is 0 Å². The van der Waals surface area contributed by atoms with Crippen LogP contribution >= 0.6 is 0 Å². The van der Waals surface area contributed by atoms with E-state index in [2.05, 4.69) is 6.07 Å². The first-order valence-electron chi connectivity index (χ1n) is 7.07. The van der Waals surface area contributed by atoms with Gasteiger partial charge in [-0.3, -0.25) is 9.00 Å². The third-order valence-corrected chi connectivity index (χ3v) is 4.60. The fourth-order valence-corrected chi connectivity index (χ4v) is 3.46. The molecular formula is C16H22O3S. The van der Waals surface area contributed by atoms with E-state index in [1.54, 1.807) is 0 Å². The van der Waals surface area contributed by atoms with E-state index in [9.17, 15) is 9.00 Å². The smallest absolute Gasteiger partial charge is 0.307 e. The van der Waals surface area contributed by atoms with Crippen LogP contribution in [0.3, 0.4) is 0 Å². The summed E-state index contributed by atoms with van der Waals surface area (Å²) >= 11 is 0. The zero-order valence-electron chi connectivity index (χ0n) is 12.4. The summed E-state index contributed by atoms with van der Waals surface area (Å²) in [6, 6.07) is 6.03. The number of aryl methyl sites for hydroxylation is 2. The number of carbonyl (C=O) groups excluding carboxylic acids is 1. The third kappa shape index (κ3) is 4.17. The summed E-state index contributed by atoms with van der Waals surface area (Å²) in [5, 5.41) is 0. The molecule has 1 aromatic carbocycles. The first-order chi connectivity index (χ1) is 9.35. The minimum atomic E-state index is -1.13. The van der Waals surface area contributed by atoms with E-state index in [1.807, 2.05) is 32.9 Å². The van der Waals surface area contributed by atoms with Crippen LogP contribution in [0.5, 0.6) is 0 Å². The first-order valence-corrected chi connectivity index (χ1v) is 8.39. The van der Waals surface area contributed by atoms with E-state index >= 15 is 0 Å². The molecule has 0 heterocycles. The molecule has 1 unspecified atom stereocenters. The van der Waals surface area contributed by atoms with Crippen molar-refractivity contribution in [1.82, 2.24) is 0 Å². The summed E-state index contributed by atoms with van der Waals surface area (Å²) in [6.45, 7) is 5.51. The summed E-state index contributed by atoms with van der Waals surface area (Å²) < 4.78 is 17.4. The molecule has 0 radical (unpaired) electrons. The van der Waals surface area contributed by atoms with Gasteiger partial charge in [0.25, 0.3) is 0 Å². The van der Waals surface area contributed by atoms with Gasteiger partial charge >= 0.3 is 5.97 Å². The second-order valence-electron chi connectivity index (χ2n) is 6.17. The molecule has 0 amide bonds. The largest absolute Gasteiger partial charge is 0.460 e. The SMILES string of the molecule is CC(C)(C)OC(=O)CCS(=O)c1ccc2c(c1)CCC2. The highest BCUT2D eigenvalue weighted by Gasteiger charge is 2.18. The average Bonchev–Trinajstić information content (AvgIpc) is 2.80. The van der Waals surface area contributed by atoms with E-state index < -0.39 is 16.4 Å². The van der Waals surface area contributed by atoms with Gasteiger partial charge in [-0.15, -0.1) is 0 Å². The second-order valence-corrected chi connectivity index (χ2v) is 7.74. The minimum Gasteiger partial charge on any atom is -0.460 e. The van der Waals surface area contributed by atoms with E-state index in [1.165, 1.54) is 17.5 Å². The summed E-state index contributed by atoms with van der Waals surface area (Å²) in [4.78, 5) is 12.5. The maximum absolute atomic E-state index is 12.2. The van der Waals surface area contributed by atoms with Crippen molar-refractivity contribution < 1.29 is 13.7 Å². The van der Waals surface area contributed by atoms with Crippen molar-refractivity contribution >= 4 is 16.8 Å². The number of carbonyl (C=O) groups is 1. The molecule has 4 heteroatoms. The zero-order valence-corrected chi connectivity index (χ0v) is 13.2. The molecule has 0 bridgehead atoms. The van der Waals surface area contributed by atoms with Gasteiger partial charge in [-0.1, -0.05) is 6.07 Å². The van der Waals surface area contributed by atoms with Gasteiger partial charge in [0, 0.05) is 10.6 Å². The fourth-order valence-electron chi connectivity index (χ4n) is 2.38. The fraction of sp³-hybridized carbons (Fsp3) is 0.562. The molecule has 0 spiro atoms. The van der Waals surface area contributed by atoms with Crippen molar-refractivity contribution in [3.8, 4) is 0 Å². The Morgan fingerprint density at radius 1 is 1.25 bits per heavy atom. The average molecular weight is 294 g/mol. The number of fused-ring (bicyclic) bond motifs is 1. The van der Waals surface area contributed by atoms with Crippen LogP contribution in [-0.4, -0.2) is 21.5 Å². The molecule has 0 aliphatic heterocycles. The van der Waals surface area contributed by atoms with E-state index in [4.69, 9.17) is 4.74 Å². The van der Waals surface area contributed by atoms with Crippen LogP contribution in [0.15, 0.2) is 23.1 Å². The van der Waals surface area contributed by atoms with Gasteiger partial charge in [0.2, 0.25) is 0 Å². The number of rotatable bonds is 4. The zero-order chi connectivity index (χ0) is 14.8. The lowest BCUT2D eigenvalue weighted by atomic mass is 10.1. The van der Waals surface area contributed by atoms with E-state index in [-0.39, 0.29) is 12.4 Å². The Hall–Kier alpha value is -1.16. The van der Waals surface area contributed by atoms with Crippen LogP contribution in [0, 0.1) is 0 Å². The number of benzene rings is 1. The third-order valence-electron chi connectivity index (χ3n) is 3.24. The maximum Gasteiger partial charge on any atom is 0.307 e. The quantitative estimate of drug-likeness (QED) is 0.802. The standard InChI is InChI=1S/C16H22O3S/c1-16(2,3)19-15(17)9-10-20(18)14-8-7-12-5-4-6-13(12)11-14/h7-8,11H,4-6,9-10H2,1-3H3. The van der Waals surface area contributed by atoms with Crippen LogP contribution in [0.1, 0.15) is 44.7 Å². The predicted octanol–water partition coefficient (Wildman–Crippen LogP) is 3.01. The predicted molar refractivity (Wildman–Crippen MR) is 80.2 cm³/mol. The normalized spacial score (nSPS) is 15.8. The van der Waals surface area contributed by atoms with Crippen LogP contribution < -0.4 is 0 Å². The first kappa shape index (κ1) is 15.2. The van der Waals surface area contributed by atoms with E-state index in [0.717, 1.165) is 17.7 Å². The van der Waals surface area contributed by atoms with Crippen LogP contribution in [0.25, 0.3) is 0 Å². The molecule has 1 aliphatic rings. The Kier molecular flexibility index (Phi) is 4.63. The molecule has 1 aromatic rings. The van der Waals surface area contributed by atoms with Crippen molar-refractivity contribution in [3.05, 3.63) is 29.3 Å². The molecule has 0 saturated heterocycles. The minimum absolute atomic E-state index is 0.195. The Labute approximate surface area is 123 Å². The van der Waals surface area contributed by atoms with Crippen LogP contribution in [-0.2, 0) is 33.2 Å². The summed E-state index contributed by atoms with van der Waals surface area (Å²) in [7, 11) is -1.13. The number of esters is 1.